The minimum Gasteiger partial charge on any atom is -0.480 e. The number of carbonyl (C=O) groups excluding carboxylic acids is 2. The van der Waals surface area contributed by atoms with Crippen molar-refractivity contribution in [3.8, 4) is 5.75 Å². The molecule has 1 aliphatic carbocycles. The molecule has 2 aliphatic rings. The van der Waals surface area contributed by atoms with E-state index in [1.807, 2.05) is 0 Å². The Kier molecular flexibility index (Phi) is 7.40. The van der Waals surface area contributed by atoms with E-state index in [0.717, 1.165) is 18.6 Å². The van der Waals surface area contributed by atoms with Gasteiger partial charge in [0.2, 0.25) is 0 Å². The maximum atomic E-state index is 13.8. The van der Waals surface area contributed by atoms with Crippen molar-refractivity contribution in [1.82, 2.24) is 5.32 Å². The molecule has 1 saturated carbocycles. The van der Waals surface area contributed by atoms with Crippen LogP contribution in [0.4, 0.5) is 18.9 Å². The molecule has 37 heavy (non-hydrogen) atoms. The number of ether oxygens (including phenoxy) is 1. The fraction of sp³-hybridized carbons (Fsp3) is 0.370. The Bertz CT molecular complexity index is 1180. The van der Waals surface area contributed by atoms with Crippen molar-refractivity contribution in [3.63, 3.8) is 0 Å². The van der Waals surface area contributed by atoms with Gasteiger partial charge in [0.05, 0.1) is 0 Å². The number of hydrogen-bond donors (Lipinski definition) is 2. The third-order valence-corrected chi connectivity index (χ3v) is 7.26. The number of hydrogen-bond acceptors (Lipinski definition) is 5. The second-order valence-electron chi connectivity index (χ2n) is 9.26. The average molecular weight is 517 g/mol. The molecular formula is C27H27F3N2O5. The molecule has 7 nitrogen and oxygen atoms in total. The van der Waals surface area contributed by atoms with Crippen molar-refractivity contribution < 1.29 is 37.4 Å². The maximum Gasteiger partial charge on any atom is 0.573 e. The van der Waals surface area contributed by atoms with Crippen LogP contribution in [0.5, 0.6) is 5.75 Å². The number of aliphatic carboxylic acids is 1. The lowest BCUT2D eigenvalue weighted by Crippen LogP contribution is -2.62. The van der Waals surface area contributed by atoms with Crippen LogP contribution in [-0.4, -0.2) is 47.8 Å². The minimum atomic E-state index is -4.85. The quantitative estimate of drug-likeness (QED) is 0.371. The Morgan fingerprint density at radius 3 is 2.46 bits per heavy atom. The molecule has 4 rings (SSSR count). The second kappa shape index (κ2) is 10.4. The number of carbonyl (C=O) groups is 3. The van der Waals surface area contributed by atoms with E-state index < -0.39 is 35.4 Å². The van der Waals surface area contributed by atoms with E-state index in [4.69, 9.17) is 0 Å². The summed E-state index contributed by atoms with van der Waals surface area (Å²) in [5.41, 5.74) is -0.286. The van der Waals surface area contributed by atoms with Gasteiger partial charge in [0, 0.05) is 36.2 Å². The minimum absolute atomic E-state index is 0.172. The van der Waals surface area contributed by atoms with Crippen LogP contribution < -0.4 is 15.0 Å². The molecule has 4 atom stereocenters. The Labute approximate surface area is 211 Å². The number of nitrogens with zero attached hydrogens (tertiary/aromatic N) is 1. The summed E-state index contributed by atoms with van der Waals surface area (Å²) in [6, 6.07) is 11.4. The molecule has 1 heterocycles. The van der Waals surface area contributed by atoms with E-state index in [1.165, 1.54) is 18.2 Å². The van der Waals surface area contributed by atoms with Gasteiger partial charge < -0.3 is 19.5 Å². The summed E-state index contributed by atoms with van der Waals surface area (Å²) >= 11 is 0. The predicted octanol–water partition coefficient (Wildman–Crippen LogP) is 4.69. The number of alkyl halides is 3. The molecule has 2 aromatic carbocycles. The second-order valence-corrected chi connectivity index (χ2v) is 9.26. The third kappa shape index (κ3) is 4.98. The molecule has 1 amide bonds. The molecule has 0 bridgehead atoms. The number of aldehydes is 1. The summed E-state index contributed by atoms with van der Waals surface area (Å²) < 4.78 is 41.6. The van der Waals surface area contributed by atoms with Gasteiger partial charge in [-0.2, -0.15) is 0 Å². The maximum absolute atomic E-state index is 13.8. The lowest BCUT2D eigenvalue weighted by molar-refractivity contribution is -0.274. The number of nitrogens with one attached hydrogen (secondary N) is 1. The predicted molar refractivity (Wildman–Crippen MR) is 129 cm³/mol. The number of benzene rings is 2. The summed E-state index contributed by atoms with van der Waals surface area (Å²) in [7, 11) is 0. The van der Waals surface area contributed by atoms with Gasteiger partial charge in [-0.1, -0.05) is 30.7 Å². The number of halogens is 3. The number of fused-ring (bicyclic) bond motifs is 2. The molecule has 4 unspecified atom stereocenters. The van der Waals surface area contributed by atoms with Gasteiger partial charge in [-0.15, -0.1) is 19.8 Å². The monoisotopic (exact) mass is 516 g/mol. The molecule has 0 radical (unpaired) electrons. The summed E-state index contributed by atoms with van der Waals surface area (Å²) in [4.78, 5) is 39.9. The SMILES string of the molecule is C=CCNC(CC=O)(C(=O)O)C1c2ccccc2N(C(=O)c2ccc(OC(F)(F)F)cc2)C2CCCC21. The van der Waals surface area contributed by atoms with Gasteiger partial charge in [-0.25, -0.2) is 0 Å². The van der Waals surface area contributed by atoms with Crippen LogP contribution in [0.3, 0.4) is 0 Å². The summed E-state index contributed by atoms with van der Waals surface area (Å²) in [5, 5.41) is 13.5. The van der Waals surface area contributed by atoms with Crippen LogP contribution in [-0.2, 0) is 9.59 Å². The molecule has 196 valence electrons. The van der Waals surface area contributed by atoms with Crippen molar-refractivity contribution in [2.45, 2.75) is 49.5 Å². The zero-order chi connectivity index (χ0) is 26.8. The molecule has 1 fully saturated rings. The molecule has 0 spiro atoms. The van der Waals surface area contributed by atoms with Crippen LogP contribution in [0.1, 0.15) is 47.5 Å². The Hall–Kier alpha value is -3.66. The fourth-order valence-corrected chi connectivity index (χ4v) is 5.88. The number of para-hydroxylation sites is 1. The fourth-order valence-electron chi connectivity index (χ4n) is 5.88. The lowest BCUT2D eigenvalue weighted by atomic mass is 9.65. The van der Waals surface area contributed by atoms with Gasteiger partial charge in [-0.05, 0) is 54.7 Å². The number of rotatable bonds is 9. The van der Waals surface area contributed by atoms with Crippen LogP contribution in [0.15, 0.2) is 61.2 Å². The smallest absolute Gasteiger partial charge is 0.480 e. The van der Waals surface area contributed by atoms with Crippen molar-refractivity contribution in [2.24, 2.45) is 5.92 Å². The first kappa shape index (κ1) is 26.4. The highest BCUT2D eigenvalue weighted by molar-refractivity contribution is 6.07. The zero-order valence-corrected chi connectivity index (χ0v) is 19.9. The molecule has 0 aromatic heterocycles. The van der Waals surface area contributed by atoms with Gasteiger partial charge in [0.1, 0.15) is 17.6 Å². The van der Waals surface area contributed by atoms with E-state index >= 15 is 0 Å². The summed E-state index contributed by atoms with van der Waals surface area (Å²) in [6.45, 7) is 3.84. The first-order valence-corrected chi connectivity index (χ1v) is 11.9. The van der Waals surface area contributed by atoms with Crippen LogP contribution >= 0.6 is 0 Å². The highest BCUT2D eigenvalue weighted by atomic mass is 19.4. The van der Waals surface area contributed by atoms with Crippen LogP contribution in [0, 0.1) is 5.92 Å². The lowest BCUT2D eigenvalue weighted by Gasteiger charge is -2.49. The van der Waals surface area contributed by atoms with Crippen LogP contribution in [0.25, 0.3) is 0 Å². The first-order valence-electron chi connectivity index (χ1n) is 11.9. The van der Waals surface area contributed by atoms with Crippen LogP contribution in [0.2, 0.25) is 0 Å². The first-order chi connectivity index (χ1) is 17.6. The van der Waals surface area contributed by atoms with Crippen molar-refractivity contribution in [1.29, 1.82) is 0 Å². The topological polar surface area (TPSA) is 95.9 Å². The molecule has 2 aromatic rings. The number of carboxylic acids is 1. The number of anilines is 1. The van der Waals surface area contributed by atoms with E-state index in [0.29, 0.717) is 30.4 Å². The van der Waals surface area contributed by atoms with E-state index in [9.17, 15) is 32.7 Å². The largest absolute Gasteiger partial charge is 0.573 e. The van der Waals surface area contributed by atoms with Gasteiger partial charge in [0.15, 0.2) is 0 Å². The van der Waals surface area contributed by atoms with Gasteiger partial charge in [-0.3, -0.25) is 14.9 Å². The molecule has 0 saturated heterocycles. The molecular weight excluding hydrogens is 489 g/mol. The molecule has 10 heteroatoms. The van der Waals surface area contributed by atoms with Crippen molar-refractivity contribution in [2.75, 3.05) is 11.4 Å². The van der Waals surface area contributed by atoms with E-state index in [1.54, 1.807) is 29.2 Å². The van der Waals surface area contributed by atoms with Gasteiger partial charge in [0.25, 0.3) is 5.91 Å². The number of amides is 1. The average Bonchev–Trinajstić information content (AvgIpc) is 3.33. The third-order valence-electron chi connectivity index (χ3n) is 7.26. The zero-order valence-electron chi connectivity index (χ0n) is 19.9. The highest BCUT2D eigenvalue weighted by Crippen LogP contribution is 2.53. The molecule has 1 aliphatic heterocycles. The molecule has 2 N–H and O–H groups in total. The Morgan fingerprint density at radius 2 is 1.84 bits per heavy atom. The van der Waals surface area contributed by atoms with Crippen molar-refractivity contribution >= 4 is 23.9 Å². The van der Waals surface area contributed by atoms with Gasteiger partial charge >= 0.3 is 12.3 Å². The highest BCUT2D eigenvalue weighted by Gasteiger charge is 2.56. The number of carboxylic acid groups (broad SMARTS) is 1. The standard InChI is InChI=1S/C27H27F3N2O5/c1-2-15-31-26(14-16-33,25(35)36)23-19-6-3-4-8-21(19)32(22-9-5-7-20(22)23)24(34)17-10-12-18(13-11-17)37-27(28,29)30/h2-4,6,8,10-13,16,20,22-23,31H,1,5,7,9,14-15H2,(H,35,36). The van der Waals surface area contributed by atoms with Crippen molar-refractivity contribution in [3.05, 3.63) is 72.3 Å². The summed E-state index contributed by atoms with van der Waals surface area (Å²) in [6.07, 6.45) is -0.969. The summed E-state index contributed by atoms with van der Waals surface area (Å²) in [5.74, 6) is -2.87. The normalized spacial score (nSPS) is 22.4. The van der Waals surface area contributed by atoms with E-state index in [2.05, 4.69) is 16.6 Å². The Balaban J connectivity index is 1.79. The van der Waals surface area contributed by atoms with E-state index in [-0.39, 0.29) is 30.5 Å². The Morgan fingerprint density at radius 1 is 1.14 bits per heavy atom.